The molecule has 4 aromatic carbocycles. The number of aliphatic hydroxyl groups is 3. The molecule has 630 valence electrons. The maximum absolute atomic E-state index is 15.4. The minimum absolute atomic E-state index is 0.111. The lowest BCUT2D eigenvalue weighted by atomic mass is 10.00. The maximum Gasteiger partial charge on any atom is 0.245 e. The molecule has 0 bridgehead atoms. The number of nitrogens with two attached hydrogens (primary N) is 5. The topological polar surface area (TPSA) is 619 Å². The van der Waals surface area contributed by atoms with Crippen LogP contribution in [0.1, 0.15) is 94.9 Å². The summed E-state index contributed by atoms with van der Waals surface area (Å²) in [6, 6.07) is 8.70. The Morgan fingerprint density at radius 3 is 1.28 bits per heavy atom. The zero-order valence-corrected chi connectivity index (χ0v) is 66.4. The number of rotatable bonds is 26. The average Bonchev–Trinajstić information content (AvgIpc) is 1.63. The highest BCUT2D eigenvalue weighted by Gasteiger charge is 2.40. The second-order valence-corrected chi connectivity index (χ2v) is 30.7. The summed E-state index contributed by atoms with van der Waals surface area (Å²) in [7, 11) is 1.63. The number of carbonyl (C=O) groups is 15. The zero-order chi connectivity index (χ0) is 85.1. The predicted octanol–water partition coefficient (Wildman–Crippen LogP) is -5.12. The lowest BCUT2D eigenvalue weighted by molar-refractivity contribution is -0.138. The van der Waals surface area contributed by atoms with Crippen molar-refractivity contribution in [1.29, 1.82) is 0 Å². The molecule has 1 aromatic heterocycles. The van der Waals surface area contributed by atoms with Gasteiger partial charge in [0.1, 0.15) is 78.5 Å². The molecule has 0 spiro atoms. The Morgan fingerprint density at radius 1 is 0.448 bits per heavy atom. The molecule has 1 saturated heterocycles. The minimum atomic E-state index is -1.96. The van der Waals surface area contributed by atoms with Crippen LogP contribution in [0.15, 0.2) is 121 Å². The molecule has 5 aromatic rings. The van der Waals surface area contributed by atoms with Gasteiger partial charge in [0, 0.05) is 54.3 Å². The maximum atomic E-state index is 15.4. The number of aromatic nitrogens is 1. The highest BCUT2D eigenvalue weighted by atomic mass is 33.1. The fraction of sp³-hybridized carbons (Fsp3) is 0.468. The smallest absolute Gasteiger partial charge is 0.245 e. The summed E-state index contributed by atoms with van der Waals surface area (Å²) in [4.78, 5) is 218. The monoisotopic (exact) mass is 1650 g/mol. The third-order valence-electron chi connectivity index (χ3n) is 18.6. The highest BCUT2D eigenvalue weighted by molar-refractivity contribution is 8.76. The van der Waals surface area contributed by atoms with E-state index >= 15 is 14.4 Å². The van der Waals surface area contributed by atoms with Gasteiger partial charge in [-0.25, -0.2) is 0 Å². The Morgan fingerprint density at radius 2 is 0.828 bits per heavy atom. The molecule has 0 unspecified atom stereocenters. The summed E-state index contributed by atoms with van der Waals surface area (Å²) in [5.41, 5.74) is 31.5. The Labute approximate surface area is 677 Å². The number of benzene rings is 4. The van der Waals surface area contributed by atoms with E-state index in [1.54, 1.807) is 121 Å². The summed E-state index contributed by atoms with van der Waals surface area (Å²) in [6.07, 6.45) is -3.38. The lowest BCUT2D eigenvalue weighted by Crippen LogP contribution is -2.63. The second-order valence-electron chi connectivity index (χ2n) is 28.1. The van der Waals surface area contributed by atoms with Crippen LogP contribution in [-0.2, 0) is 97.6 Å². The van der Waals surface area contributed by atoms with E-state index in [4.69, 9.17) is 28.7 Å². The Kier molecular flexibility index (Phi) is 38.6. The van der Waals surface area contributed by atoms with Crippen LogP contribution in [0.5, 0.6) is 0 Å². The van der Waals surface area contributed by atoms with Gasteiger partial charge in [-0.1, -0.05) is 131 Å². The van der Waals surface area contributed by atoms with Crippen LogP contribution >= 0.6 is 21.6 Å². The first kappa shape index (κ1) is 93.8. The summed E-state index contributed by atoms with van der Waals surface area (Å²) < 4.78 is 0. The quantitative estimate of drug-likeness (QED) is 0.0182. The molecule has 0 radical (unpaired) electrons. The van der Waals surface area contributed by atoms with Crippen molar-refractivity contribution in [3.05, 3.63) is 144 Å². The number of unbranched alkanes of at least 4 members (excludes halogenated alkanes) is 2. The normalized spacial score (nSPS) is 23.9. The van der Waals surface area contributed by atoms with E-state index in [9.17, 15) is 72.9 Å². The van der Waals surface area contributed by atoms with Crippen LogP contribution in [0, 0.1) is 0 Å². The summed E-state index contributed by atoms with van der Waals surface area (Å²) in [5, 5.41) is 66.3. The molecule has 39 heteroatoms. The number of para-hydroxylation sites is 1. The van der Waals surface area contributed by atoms with Crippen molar-refractivity contribution in [1.82, 2.24) is 74.1 Å². The van der Waals surface area contributed by atoms with E-state index in [-0.39, 0.29) is 70.9 Å². The van der Waals surface area contributed by atoms with Crippen molar-refractivity contribution in [3.8, 4) is 0 Å². The molecule has 0 aliphatic carbocycles. The average molecular weight is 1650 g/mol. The molecule has 116 heavy (non-hydrogen) atoms. The molecule has 15 amide bonds. The Bertz CT molecular complexity index is 4170. The predicted molar refractivity (Wildman–Crippen MR) is 431 cm³/mol. The first-order valence-corrected chi connectivity index (χ1v) is 40.4. The second kappa shape index (κ2) is 47.7. The van der Waals surface area contributed by atoms with Crippen molar-refractivity contribution in [2.24, 2.45) is 28.7 Å². The van der Waals surface area contributed by atoms with Crippen LogP contribution in [0.3, 0.4) is 0 Å². The highest BCUT2D eigenvalue weighted by Crippen LogP contribution is 2.25. The van der Waals surface area contributed by atoms with Gasteiger partial charge >= 0.3 is 0 Å². The number of carbonyl (C=O) groups excluding carboxylic acids is 15. The van der Waals surface area contributed by atoms with E-state index in [1.165, 1.54) is 13.8 Å². The molecule has 1 fully saturated rings. The minimum Gasteiger partial charge on any atom is -0.394 e. The van der Waals surface area contributed by atoms with Gasteiger partial charge < -0.3 is 118 Å². The van der Waals surface area contributed by atoms with Gasteiger partial charge in [0.25, 0.3) is 0 Å². The molecule has 0 saturated carbocycles. The number of hydrogen-bond acceptors (Lipinski definition) is 23. The van der Waals surface area contributed by atoms with E-state index in [0.29, 0.717) is 39.6 Å². The molecule has 6 rings (SSSR count). The van der Waals surface area contributed by atoms with Crippen LogP contribution in [-0.4, -0.2) is 237 Å². The number of amides is 15. The number of hydrogen-bond donors (Lipinski definition) is 22. The van der Waals surface area contributed by atoms with E-state index in [0.717, 1.165) is 35.4 Å². The number of aromatic amines is 1. The van der Waals surface area contributed by atoms with Crippen molar-refractivity contribution in [3.63, 3.8) is 0 Å². The summed E-state index contributed by atoms with van der Waals surface area (Å²) in [6.45, 7) is 3.98. The molecule has 2 heterocycles. The van der Waals surface area contributed by atoms with Gasteiger partial charge in [-0.05, 0) is 108 Å². The van der Waals surface area contributed by atoms with Crippen molar-refractivity contribution in [2.45, 2.75) is 195 Å². The molecular formula is C77H107N19O18S2. The number of H-pyrrole nitrogens is 1. The fourth-order valence-electron chi connectivity index (χ4n) is 12.1. The molecule has 1 aliphatic heterocycles. The largest absolute Gasteiger partial charge is 0.394 e. The Balaban J connectivity index is 1.48. The van der Waals surface area contributed by atoms with Gasteiger partial charge in [-0.3, -0.25) is 71.9 Å². The number of fused-ring (bicyclic) bond motifs is 1. The molecular weight excluding hydrogens is 1540 g/mol. The van der Waals surface area contributed by atoms with Crippen LogP contribution in [0.2, 0.25) is 0 Å². The third-order valence-corrected chi connectivity index (χ3v) is 21.1. The molecule has 37 nitrogen and oxygen atoms in total. The lowest BCUT2D eigenvalue weighted by Gasteiger charge is -2.29. The first-order valence-electron chi connectivity index (χ1n) is 37.9. The van der Waals surface area contributed by atoms with Gasteiger partial charge in [0.2, 0.25) is 88.6 Å². The number of nitrogens with one attached hydrogen (secondary N) is 14. The van der Waals surface area contributed by atoms with Crippen molar-refractivity contribution in [2.75, 3.05) is 31.2 Å². The molecule has 27 N–H and O–H groups in total. The summed E-state index contributed by atoms with van der Waals surface area (Å²) in [5.74, 6) is -16.8. The zero-order valence-electron chi connectivity index (χ0n) is 64.8. The molecule has 16 atom stereocenters. The van der Waals surface area contributed by atoms with Gasteiger partial charge in [0.05, 0.1) is 31.3 Å². The van der Waals surface area contributed by atoms with Crippen LogP contribution < -0.4 is 97.8 Å². The number of aliphatic hydroxyl groups excluding tert-OH is 3. The van der Waals surface area contributed by atoms with Crippen LogP contribution in [0.25, 0.3) is 10.9 Å². The standard InChI is InChI=1S/C77H107N19O18S2/c1-41(80)65(102)84-42(2)66(103)94-60-40-116-115-39-59(64(82)101)93-74(111)58(38-97)92-77(114)63(44(4)99)96-73(110)55(34-47-24-12-7-13-25-47)91-76(113)62(43(3)98)95-68(105)52(29-17-19-31-79)85-71(108)56(35-48-37-83-50-27-15-14-26-49(48)50)89-70(107)54(33-46-22-10-6-11-23-46)87-69(106)53(32-45-20-8-5-9-21-45)88-72(109)57(36-61(81)100)90-67(104)51(86-75(60)112)28-16-18-30-78/h5-15,20-27,37,41-44,51-60,62-63,83,97-99H,16-19,28-36,38-40,78-80H2,1-4H3,(H2,81,100)(H2,82,101)(H,84,102)(H,85,108)(H,86,112)(H,87,106)(H,88,109)(H,89,107)(H,90,104)(H,91,113)(H,92,114)(H,93,111)(H,94,103)(H,95,105)(H,96,110)/t41-,42-,43+,44+,51-,52-,53-,54-,55-,56-,57-,58-,59-,60-,62+,63-/m0/s1. The van der Waals surface area contributed by atoms with Gasteiger partial charge in [-0.15, -0.1) is 0 Å². The van der Waals surface area contributed by atoms with E-state index in [2.05, 4.69) is 74.1 Å². The third kappa shape index (κ3) is 30.3. The van der Waals surface area contributed by atoms with Gasteiger partial charge in [0.15, 0.2) is 0 Å². The fourth-order valence-corrected chi connectivity index (χ4v) is 14.4. The Hall–Kier alpha value is -11.1. The molecule has 1 aliphatic rings. The van der Waals surface area contributed by atoms with E-state index < -0.39 is 210 Å². The van der Waals surface area contributed by atoms with E-state index in [1.807, 2.05) is 0 Å². The van der Waals surface area contributed by atoms with Crippen molar-refractivity contribution < 1.29 is 87.2 Å². The summed E-state index contributed by atoms with van der Waals surface area (Å²) >= 11 is 0. The SMILES string of the molecule is C[C@H](N)C(=O)N[C@@H](C)C(=O)N[C@H]1CSSC[C@@H](C(N)=O)NC(=O)[C@H](CO)NC(=O)[C@H]([C@@H](C)O)NC(=O)[C@H](Cc2ccccc2)NC(=O)[C@@H]([C@@H](C)O)NC(=O)[C@H](CCCCN)NC(=O)[C@H](Cc2c[nH]c3ccccc23)NC(=O)[C@H](Cc2ccccc2)NC(=O)[C@H](Cc2ccccc2)NC(=O)[C@H](CC(N)=O)NC(=O)[C@H](CCCCN)NC1=O. The number of primary amides is 2. The van der Waals surface area contributed by atoms with Crippen LogP contribution in [0.4, 0.5) is 0 Å². The first-order chi connectivity index (χ1) is 55.3. The van der Waals surface area contributed by atoms with Gasteiger partial charge in [-0.2, -0.15) is 0 Å². The van der Waals surface area contributed by atoms with Crippen molar-refractivity contribution >= 4 is 121 Å².